The molecule has 0 fully saturated rings. The van der Waals surface area contributed by atoms with Crippen LogP contribution in [0.25, 0.3) is 0 Å². The van der Waals surface area contributed by atoms with Gasteiger partial charge in [0.2, 0.25) is 0 Å². The number of aromatic nitrogens is 2. The largest absolute Gasteiger partial charge is 0.455 e. The second-order valence-electron chi connectivity index (χ2n) is 4.93. The predicted octanol–water partition coefficient (Wildman–Crippen LogP) is 2.85. The van der Waals surface area contributed by atoms with Gasteiger partial charge in [0.05, 0.1) is 11.9 Å². The lowest BCUT2D eigenvalue weighted by molar-refractivity contribution is -0.116. The van der Waals surface area contributed by atoms with Crippen molar-refractivity contribution >= 4 is 11.6 Å². The molecule has 0 aliphatic rings. The fraction of sp³-hybridized carbons (Fsp3) is 0.312. The van der Waals surface area contributed by atoms with Gasteiger partial charge in [-0.2, -0.15) is 0 Å². The average Bonchev–Trinajstić information content (AvgIpc) is 2.42. The van der Waals surface area contributed by atoms with Crippen LogP contribution in [0.1, 0.15) is 30.7 Å². The van der Waals surface area contributed by atoms with Crippen molar-refractivity contribution in [3.05, 3.63) is 41.3 Å². The highest BCUT2D eigenvalue weighted by atomic mass is 16.5. The molecule has 0 saturated carbocycles. The van der Waals surface area contributed by atoms with Crippen LogP contribution in [-0.2, 0) is 17.6 Å². The molecule has 0 saturated heterocycles. The quantitative estimate of drug-likeness (QED) is 0.914. The number of pyridine rings is 2. The molecule has 5 heteroatoms. The number of ether oxygens (including phenoxy) is 1. The topological polar surface area (TPSA) is 78.1 Å². The molecule has 0 unspecified atom stereocenters. The van der Waals surface area contributed by atoms with E-state index in [-0.39, 0.29) is 5.78 Å². The fourth-order valence-corrected chi connectivity index (χ4v) is 2.19. The number of nitrogen functional groups attached to an aromatic ring is 1. The minimum absolute atomic E-state index is 0.0678. The SMILES string of the molecule is CCc1c(N)ncc(Oc2ccnc(CC(C)=O)c2)c1C. The number of anilines is 1. The van der Waals surface area contributed by atoms with Gasteiger partial charge in [0, 0.05) is 29.8 Å². The van der Waals surface area contributed by atoms with Crippen molar-refractivity contribution in [1.29, 1.82) is 0 Å². The Kier molecular flexibility index (Phi) is 4.52. The Labute approximate surface area is 124 Å². The normalized spacial score (nSPS) is 10.4. The summed E-state index contributed by atoms with van der Waals surface area (Å²) in [5.41, 5.74) is 8.52. The summed E-state index contributed by atoms with van der Waals surface area (Å²) >= 11 is 0. The van der Waals surface area contributed by atoms with Gasteiger partial charge in [-0.25, -0.2) is 4.98 Å². The Morgan fingerprint density at radius 1 is 1.38 bits per heavy atom. The standard InChI is InChI=1S/C16H19N3O2/c1-4-14-11(3)15(9-19-16(14)17)21-13-5-6-18-12(8-13)7-10(2)20/h5-6,8-9H,4,7H2,1-3H3,(H2,17,19). The van der Waals surface area contributed by atoms with Crippen molar-refractivity contribution in [2.24, 2.45) is 0 Å². The number of nitrogens with two attached hydrogens (primary N) is 1. The van der Waals surface area contributed by atoms with Crippen LogP contribution in [0.5, 0.6) is 11.5 Å². The van der Waals surface area contributed by atoms with E-state index in [1.165, 1.54) is 6.92 Å². The number of ketones is 1. The van der Waals surface area contributed by atoms with E-state index in [9.17, 15) is 4.79 Å². The van der Waals surface area contributed by atoms with Crippen LogP contribution in [0.15, 0.2) is 24.5 Å². The maximum absolute atomic E-state index is 11.2. The smallest absolute Gasteiger partial charge is 0.149 e. The van der Waals surface area contributed by atoms with Crippen LogP contribution in [0.3, 0.4) is 0 Å². The van der Waals surface area contributed by atoms with Crippen molar-refractivity contribution < 1.29 is 9.53 Å². The highest BCUT2D eigenvalue weighted by Crippen LogP contribution is 2.29. The van der Waals surface area contributed by atoms with Crippen molar-refractivity contribution in [2.75, 3.05) is 5.73 Å². The molecular weight excluding hydrogens is 266 g/mol. The van der Waals surface area contributed by atoms with Crippen LogP contribution in [0.2, 0.25) is 0 Å². The van der Waals surface area contributed by atoms with E-state index in [4.69, 9.17) is 10.5 Å². The second kappa shape index (κ2) is 6.35. The molecule has 2 N–H and O–H groups in total. The van der Waals surface area contributed by atoms with E-state index in [2.05, 4.69) is 9.97 Å². The number of hydrogen-bond acceptors (Lipinski definition) is 5. The zero-order valence-electron chi connectivity index (χ0n) is 12.5. The van der Waals surface area contributed by atoms with Crippen LogP contribution in [-0.4, -0.2) is 15.8 Å². The van der Waals surface area contributed by atoms with Gasteiger partial charge < -0.3 is 10.5 Å². The molecule has 2 rings (SSSR count). The van der Waals surface area contributed by atoms with Crippen LogP contribution in [0.4, 0.5) is 5.82 Å². The fourth-order valence-electron chi connectivity index (χ4n) is 2.19. The van der Waals surface area contributed by atoms with Crippen LogP contribution < -0.4 is 10.5 Å². The summed E-state index contributed by atoms with van der Waals surface area (Å²) in [6.07, 6.45) is 4.35. The molecule has 0 bridgehead atoms. The maximum Gasteiger partial charge on any atom is 0.149 e. The maximum atomic E-state index is 11.2. The lowest BCUT2D eigenvalue weighted by Crippen LogP contribution is -2.02. The molecule has 2 heterocycles. The molecule has 5 nitrogen and oxygen atoms in total. The van der Waals surface area contributed by atoms with Gasteiger partial charge in [-0.15, -0.1) is 0 Å². The summed E-state index contributed by atoms with van der Waals surface area (Å²) in [6, 6.07) is 3.52. The van der Waals surface area contributed by atoms with E-state index in [1.807, 2.05) is 13.8 Å². The second-order valence-corrected chi connectivity index (χ2v) is 4.93. The van der Waals surface area contributed by atoms with Gasteiger partial charge in [0.1, 0.15) is 23.1 Å². The lowest BCUT2D eigenvalue weighted by atomic mass is 10.1. The van der Waals surface area contributed by atoms with E-state index in [0.29, 0.717) is 29.4 Å². The first kappa shape index (κ1) is 15.0. The van der Waals surface area contributed by atoms with Gasteiger partial charge in [-0.1, -0.05) is 6.92 Å². The molecule has 0 atom stereocenters. The molecule has 0 radical (unpaired) electrons. The summed E-state index contributed by atoms with van der Waals surface area (Å²) in [7, 11) is 0. The Balaban J connectivity index is 2.28. The predicted molar refractivity (Wildman–Crippen MR) is 81.5 cm³/mol. The van der Waals surface area contributed by atoms with Crippen molar-refractivity contribution in [1.82, 2.24) is 9.97 Å². The summed E-state index contributed by atoms with van der Waals surface area (Å²) < 4.78 is 5.86. The van der Waals surface area contributed by atoms with Gasteiger partial charge >= 0.3 is 0 Å². The highest BCUT2D eigenvalue weighted by molar-refractivity contribution is 5.77. The number of carbonyl (C=O) groups is 1. The molecule has 110 valence electrons. The molecule has 0 aliphatic heterocycles. The lowest BCUT2D eigenvalue weighted by Gasteiger charge is -2.13. The van der Waals surface area contributed by atoms with E-state index < -0.39 is 0 Å². The zero-order valence-corrected chi connectivity index (χ0v) is 12.5. The molecule has 0 amide bonds. The highest BCUT2D eigenvalue weighted by Gasteiger charge is 2.10. The van der Waals surface area contributed by atoms with Crippen molar-refractivity contribution in [2.45, 2.75) is 33.6 Å². The number of carbonyl (C=O) groups excluding carboxylic acids is 1. The number of Topliss-reactive ketones (excluding diaryl/α,β-unsaturated/α-hetero) is 1. The number of rotatable bonds is 5. The average molecular weight is 285 g/mol. The third-order valence-corrected chi connectivity index (χ3v) is 3.25. The molecule has 2 aromatic rings. The summed E-state index contributed by atoms with van der Waals surface area (Å²) in [5.74, 6) is 1.91. The Bertz CT molecular complexity index is 669. The summed E-state index contributed by atoms with van der Waals surface area (Å²) in [6.45, 7) is 5.53. The van der Waals surface area contributed by atoms with Gasteiger partial charge in [0.15, 0.2) is 0 Å². The molecular formula is C16H19N3O2. The minimum Gasteiger partial charge on any atom is -0.455 e. The van der Waals surface area contributed by atoms with Crippen LogP contribution >= 0.6 is 0 Å². The molecule has 0 aliphatic carbocycles. The van der Waals surface area contributed by atoms with Gasteiger partial charge in [-0.3, -0.25) is 9.78 Å². The van der Waals surface area contributed by atoms with Gasteiger partial charge in [-0.05, 0) is 26.3 Å². The Morgan fingerprint density at radius 2 is 2.14 bits per heavy atom. The first-order valence-electron chi connectivity index (χ1n) is 6.87. The summed E-state index contributed by atoms with van der Waals surface area (Å²) in [4.78, 5) is 19.5. The molecule has 2 aromatic heterocycles. The molecule has 21 heavy (non-hydrogen) atoms. The van der Waals surface area contributed by atoms with E-state index >= 15 is 0 Å². The zero-order chi connectivity index (χ0) is 15.4. The van der Waals surface area contributed by atoms with Crippen molar-refractivity contribution in [3.63, 3.8) is 0 Å². The van der Waals surface area contributed by atoms with Crippen molar-refractivity contribution in [3.8, 4) is 11.5 Å². The van der Waals surface area contributed by atoms with Gasteiger partial charge in [0.25, 0.3) is 0 Å². The van der Waals surface area contributed by atoms with Crippen LogP contribution in [0, 0.1) is 6.92 Å². The molecule has 0 spiro atoms. The number of nitrogens with zero attached hydrogens (tertiary/aromatic N) is 2. The monoisotopic (exact) mass is 285 g/mol. The Hall–Kier alpha value is -2.43. The first-order chi connectivity index (χ1) is 10.0. The summed E-state index contributed by atoms with van der Waals surface area (Å²) in [5, 5.41) is 0. The van der Waals surface area contributed by atoms with E-state index in [0.717, 1.165) is 17.5 Å². The third-order valence-electron chi connectivity index (χ3n) is 3.25. The molecule has 0 aromatic carbocycles. The first-order valence-corrected chi connectivity index (χ1v) is 6.87. The number of hydrogen-bond donors (Lipinski definition) is 1. The third kappa shape index (κ3) is 3.56. The minimum atomic E-state index is 0.0678. The van der Waals surface area contributed by atoms with E-state index in [1.54, 1.807) is 24.5 Å². The Morgan fingerprint density at radius 3 is 2.81 bits per heavy atom.